The quantitative estimate of drug-likeness (QED) is 0.236. The highest BCUT2D eigenvalue weighted by atomic mass is 32.2. The first-order valence-electron chi connectivity index (χ1n) is 14.8. The van der Waals surface area contributed by atoms with E-state index in [2.05, 4.69) is 30.2 Å². The van der Waals surface area contributed by atoms with E-state index in [-0.39, 0.29) is 4.90 Å². The summed E-state index contributed by atoms with van der Waals surface area (Å²) in [7, 11) is 38.2. The van der Waals surface area contributed by atoms with Crippen LogP contribution in [0.3, 0.4) is 0 Å². The van der Waals surface area contributed by atoms with Crippen molar-refractivity contribution >= 4 is 88.1 Å². The molecule has 0 amide bonds. The Hall–Kier alpha value is -2.76. The number of rotatable bonds is 14. The van der Waals surface area contributed by atoms with Crippen LogP contribution in [0, 0.1) is 6.92 Å². The van der Waals surface area contributed by atoms with Crippen LogP contribution in [0.5, 0.6) is 5.75 Å². The van der Waals surface area contributed by atoms with Crippen LogP contribution in [0.2, 0.25) is 15.5 Å². The molecule has 17 heteroatoms. The molecule has 4 rings (SSSR count). The van der Waals surface area contributed by atoms with Gasteiger partial charge in [-0.3, -0.25) is 4.90 Å². The van der Waals surface area contributed by atoms with Crippen molar-refractivity contribution < 1.29 is 13.2 Å². The van der Waals surface area contributed by atoms with Crippen molar-refractivity contribution in [1.82, 2.24) is 19.6 Å². The highest BCUT2D eigenvalue weighted by molar-refractivity contribution is 7.89. The Labute approximate surface area is 282 Å². The van der Waals surface area contributed by atoms with Gasteiger partial charge in [-0.05, 0) is 80.9 Å². The minimum Gasteiger partial charge on any atom is -0.492 e. The smallest absolute Gasteiger partial charge is 0.241 e. The number of benzene rings is 2. The summed E-state index contributed by atoms with van der Waals surface area (Å²) in [6, 6.07) is 13.4. The summed E-state index contributed by atoms with van der Waals surface area (Å²) in [5.41, 5.74) is -0.459. The monoisotopic (exact) mass is 622 g/mol. The molecule has 14 radical (unpaired) electrons. The zero-order chi connectivity index (χ0) is 34.0. The number of likely N-dealkylation sites (tertiary alicyclic amines) is 1. The van der Waals surface area contributed by atoms with Crippen LogP contribution in [0.4, 0.5) is 23.1 Å². The van der Waals surface area contributed by atoms with E-state index in [9.17, 15) is 8.42 Å². The van der Waals surface area contributed by atoms with Gasteiger partial charge in [0.15, 0.2) is 0 Å². The maximum atomic E-state index is 13.7. The van der Waals surface area contributed by atoms with Gasteiger partial charge in [0, 0.05) is 29.7 Å². The van der Waals surface area contributed by atoms with Gasteiger partial charge in [0.05, 0.1) is 59.8 Å². The van der Waals surface area contributed by atoms with Crippen LogP contribution in [-0.4, -0.2) is 110 Å². The summed E-state index contributed by atoms with van der Waals surface area (Å²) in [4.78, 5) is 11.1. The van der Waals surface area contributed by atoms with Crippen LogP contribution in [-0.2, 0) is 10.0 Å². The molecule has 3 aromatic rings. The molecule has 0 aliphatic carbocycles. The minimum absolute atomic E-state index is 0.201. The van der Waals surface area contributed by atoms with Crippen molar-refractivity contribution in [3.63, 3.8) is 0 Å². The summed E-state index contributed by atoms with van der Waals surface area (Å²) < 4.78 is 35.6. The van der Waals surface area contributed by atoms with Gasteiger partial charge in [-0.25, -0.2) is 18.1 Å². The molecule has 1 saturated heterocycles. The number of sulfonamides is 1. The van der Waals surface area contributed by atoms with Crippen LogP contribution in [0.25, 0.3) is 0 Å². The second kappa shape index (κ2) is 13.8. The molecule has 0 saturated carbocycles. The lowest BCUT2D eigenvalue weighted by Gasteiger charge is -2.64. The molecule has 0 spiro atoms. The highest BCUT2D eigenvalue weighted by Gasteiger charge is 2.56. The first-order chi connectivity index (χ1) is 21.3. The molecule has 46 heavy (non-hydrogen) atoms. The largest absolute Gasteiger partial charge is 0.492 e. The van der Waals surface area contributed by atoms with E-state index in [0.29, 0.717) is 29.6 Å². The number of aryl methyl sites for hydroxylation is 1. The summed E-state index contributed by atoms with van der Waals surface area (Å²) in [6.45, 7) is 8.14. The first kappa shape index (κ1) is 36.1. The van der Waals surface area contributed by atoms with Crippen molar-refractivity contribution in [2.45, 2.75) is 59.6 Å². The Morgan fingerprint density at radius 2 is 1.52 bits per heavy atom. The van der Waals surface area contributed by atoms with Gasteiger partial charge in [-0.1, -0.05) is 30.3 Å². The van der Waals surface area contributed by atoms with Gasteiger partial charge in [0.2, 0.25) is 16.0 Å². The van der Waals surface area contributed by atoms with Crippen molar-refractivity contribution in [3.8, 4) is 5.75 Å². The molecule has 0 bridgehead atoms. The molecule has 3 N–H and O–H groups in total. The first-order valence-corrected chi connectivity index (χ1v) is 16.3. The standard InChI is InChI=1S/C29H33B7N6O3S/c1-19-18-37-25(39-20-9-11-22(12-10-20)45-16-15-42-13-4-5-14-42)40-24(19)38-21-7-6-8-23(17-21)46(43,44)41-28(26(2,30)31,27(3,32)33)29(34,35)36/h6-12,17-18,41H,4-5,13-16H2,1-3H3,(H2,37,38,39,40). The number of hydrogen-bond acceptors (Lipinski definition) is 8. The lowest BCUT2D eigenvalue weighted by atomic mass is 9.19. The lowest BCUT2D eigenvalue weighted by Crippen LogP contribution is -2.69. The fourth-order valence-electron chi connectivity index (χ4n) is 5.65. The third-order valence-corrected chi connectivity index (χ3v) is 9.37. The molecule has 9 nitrogen and oxygen atoms in total. The number of hydrogen-bond donors (Lipinski definition) is 3. The molecule has 1 aromatic heterocycles. The predicted molar refractivity (Wildman–Crippen MR) is 190 cm³/mol. The summed E-state index contributed by atoms with van der Waals surface area (Å²) in [5.74, 6) is 1.54. The molecule has 0 unspecified atom stereocenters. The Morgan fingerprint density at radius 1 is 0.891 bits per heavy atom. The minimum atomic E-state index is -4.46. The molecule has 1 aliphatic rings. The lowest BCUT2D eigenvalue weighted by molar-refractivity contribution is 0.238. The average Bonchev–Trinajstić information content (AvgIpc) is 3.46. The second-order valence-corrected chi connectivity index (χ2v) is 14.0. The molecule has 1 fully saturated rings. The average molecular weight is 621 g/mol. The Balaban J connectivity index is 1.49. The second-order valence-electron chi connectivity index (χ2n) is 12.3. The van der Waals surface area contributed by atoms with Gasteiger partial charge < -0.3 is 15.4 Å². The molecular formula is C29H33B7N6O3S. The van der Waals surface area contributed by atoms with E-state index in [4.69, 9.17) is 59.7 Å². The number of anilines is 4. The van der Waals surface area contributed by atoms with Crippen molar-refractivity contribution in [3.05, 3.63) is 60.3 Å². The zero-order valence-corrected chi connectivity index (χ0v) is 27.3. The number of nitrogens with zero attached hydrogens (tertiary/aromatic N) is 3. The maximum absolute atomic E-state index is 13.7. The van der Waals surface area contributed by atoms with Crippen molar-refractivity contribution in [2.24, 2.45) is 0 Å². The van der Waals surface area contributed by atoms with Gasteiger partial charge in [-0.15, -0.1) is 5.11 Å². The topological polar surface area (TPSA) is 108 Å². The Kier molecular flexibility index (Phi) is 10.8. The van der Waals surface area contributed by atoms with Crippen molar-refractivity contribution in [1.29, 1.82) is 0 Å². The van der Waals surface area contributed by atoms with Gasteiger partial charge in [0.1, 0.15) is 18.2 Å². The van der Waals surface area contributed by atoms with E-state index in [1.54, 1.807) is 12.3 Å². The Bertz CT molecular complexity index is 1570. The van der Waals surface area contributed by atoms with E-state index >= 15 is 0 Å². The molecule has 224 valence electrons. The van der Waals surface area contributed by atoms with Crippen LogP contribution in [0.15, 0.2) is 59.6 Å². The molecule has 1 aliphatic heterocycles. The number of nitrogens with one attached hydrogen (secondary N) is 3. The molecular weight excluding hydrogens is 588 g/mol. The zero-order valence-electron chi connectivity index (χ0n) is 26.5. The highest BCUT2D eigenvalue weighted by Crippen LogP contribution is 2.56. The molecule has 0 atom stereocenters. The van der Waals surface area contributed by atoms with Crippen LogP contribution >= 0.6 is 0 Å². The van der Waals surface area contributed by atoms with E-state index in [0.717, 1.165) is 31.1 Å². The fourth-order valence-corrected chi connectivity index (χ4v) is 7.33. The predicted octanol–water partition coefficient (Wildman–Crippen LogP) is 2.29. The Morgan fingerprint density at radius 3 is 2.11 bits per heavy atom. The SMILES string of the molecule is [B]C([B])([B])C(NS(=O)(=O)c1cccc(Nc2nc(Nc3ccc(OCCN4CCCC4)cc3)ncc2C)c1)(C([B])([B])C)C([B])([B])C. The normalized spacial score (nSPS) is 15.0. The summed E-state index contributed by atoms with van der Waals surface area (Å²) in [5, 5.41) is -0.0773. The van der Waals surface area contributed by atoms with Gasteiger partial charge >= 0.3 is 0 Å². The van der Waals surface area contributed by atoms with Crippen LogP contribution < -0.4 is 20.1 Å². The fraction of sp³-hybridized carbons (Fsp3) is 0.448. The van der Waals surface area contributed by atoms with Gasteiger partial charge in [-0.2, -0.15) is 4.98 Å². The number of aromatic nitrogens is 2. The van der Waals surface area contributed by atoms with E-state index < -0.39 is 31.1 Å². The van der Waals surface area contributed by atoms with Crippen LogP contribution in [0.1, 0.15) is 32.3 Å². The summed E-state index contributed by atoms with van der Waals surface area (Å²) in [6.07, 6.45) is 4.14. The summed E-state index contributed by atoms with van der Waals surface area (Å²) >= 11 is 0. The third-order valence-electron chi connectivity index (χ3n) is 7.92. The maximum Gasteiger partial charge on any atom is 0.241 e. The van der Waals surface area contributed by atoms with Gasteiger partial charge in [0.25, 0.3) is 0 Å². The third kappa shape index (κ3) is 8.20. The van der Waals surface area contributed by atoms with Crippen molar-refractivity contribution in [2.75, 3.05) is 36.9 Å². The number of ether oxygens (including phenoxy) is 1. The van der Waals surface area contributed by atoms with E-state index in [1.165, 1.54) is 44.9 Å². The molecule has 2 aromatic carbocycles. The van der Waals surface area contributed by atoms with E-state index in [1.807, 2.05) is 31.2 Å². The molecule has 2 heterocycles.